The van der Waals surface area contributed by atoms with Crippen molar-refractivity contribution in [3.05, 3.63) is 53.6 Å². The third kappa shape index (κ3) is 1.77. The predicted molar refractivity (Wildman–Crippen MR) is 71.1 cm³/mol. The van der Waals surface area contributed by atoms with Crippen molar-refractivity contribution in [2.45, 2.75) is 0 Å². The van der Waals surface area contributed by atoms with Gasteiger partial charge >= 0.3 is 0 Å². The fourth-order valence-corrected chi connectivity index (χ4v) is 2.13. The standard InChI is InChI=1S/C14H10ClNO/c15-12-8-10(16)5-6-11(12)14-7-9-3-1-2-4-13(9)17-14/h1-8H,16H2. The molecular weight excluding hydrogens is 234 g/mol. The smallest absolute Gasteiger partial charge is 0.136 e. The van der Waals surface area contributed by atoms with E-state index < -0.39 is 0 Å². The molecule has 0 unspecified atom stereocenters. The first-order valence-corrected chi connectivity index (χ1v) is 5.66. The van der Waals surface area contributed by atoms with Gasteiger partial charge in [0.2, 0.25) is 0 Å². The molecule has 0 aliphatic carbocycles. The number of fused-ring (bicyclic) bond motifs is 1. The van der Waals surface area contributed by atoms with E-state index in [9.17, 15) is 0 Å². The van der Waals surface area contributed by atoms with Gasteiger partial charge in [-0.15, -0.1) is 0 Å². The molecule has 0 spiro atoms. The molecule has 1 aromatic heterocycles. The number of nitrogens with two attached hydrogens (primary N) is 1. The number of hydrogen-bond acceptors (Lipinski definition) is 2. The molecule has 0 bridgehead atoms. The summed E-state index contributed by atoms with van der Waals surface area (Å²) in [5.41, 5.74) is 8.03. The van der Waals surface area contributed by atoms with Gasteiger partial charge in [-0.3, -0.25) is 0 Å². The van der Waals surface area contributed by atoms with E-state index in [1.807, 2.05) is 42.5 Å². The molecule has 1 heterocycles. The SMILES string of the molecule is Nc1ccc(-c2cc3ccccc3o2)c(Cl)c1. The summed E-state index contributed by atoms with van der Waals surface area (Å²) in [6, 6.07) is 15.3. The van der Waals surface area contributed by atoms with E-state index in [0.29, 0.717) is 10.7 Å². The van der Waals surface area contributed by atoms with Crippen molar-refractivity contribution in [2.75, 3.05) is 5.73 Å². The van der Waals surface area contributed by atoms with Crippen LogP contribution in [0.1, 0.15) is 0 Å². The minimum Gasteiger partial charge on any atom is -0.456 e. The number of halogens is 1. The Hall–Kier alpha value is -1.93. The number of anilines is 1. The highest BCUT2D eigenvalue weighted by molar-refractivity contribution is 6.33. The van der Waals surface area contributed by atoms with Crippen molar-refractivity contribution in [1.82, 2.24) is 0 Å². The second-order valence-corrected chi connectivity index (χ2v) is 4.29. The van der Waals surface area contributed by atoms with Gasteiger partial charge in [0.1, 0.15) is 11.3 Å². The van der Waals surface area contributed by atoms with E-state index in [-0.39, 0.29) is 0 Å². The molecule has 0 saturated carbocycles. The second kappa shape index (κ2) is 3.82. The van der Waals surface area contributed by atoms with E-state index in [1.54, 1.807) is 6.07 Å². The molecule has 0 atom stereocenters. The van der Waals surface area contributed by atoms with Crippen molar-refractivity contribution < 1.29 is 4.42 Å². The van der Waals surface area contributed by atoms with Gasteiger partial charge in [0.05, 0.1) is 5.02 Å². The minimum atomic E-state index is 0.601. The first-order valence-electron chi connectivity index (χ1n) is 5.28. The van der Waals surface area contributed by atoms with Gasteiger partial charge < -0.3 is 10.2 Å². The molecule has 0 aliphatic rings. The maximum atomic E-state index is 6.15. The molecule has 3 heteroatoms. The largest absolute Gasteiger partial charge is 0.456 e. The molecule has 0 saturated heterocycles. The van der Waals surface area contributed by atoms with Gasteiger partial charge in [0.25, 0.3) is 0 Å². The lowest BCUT2D eigenvalue weighted by molar-refractivity contribution is 0.631. The number of rotatable bonds is 1. The summed E-state index contributed by atoms with van der Waals surface area (Å²) in [4.78, 5) is 0. The van der Waals surface area contributed by atoms with Crippen LogP contribution in [0.5, 0.6) is 0 Å². The van der Waals surface area contributed by atoms with Gasteiger partial charge in [-0.05, 0) is 30.3 Å². The molecule has 0 aliphatic heterocycles. The lowest BCUT2D eigenvalue weighted by Crippen LogP contribution is -1.84. The minimum absolute atomic E-state index is 0.601. The number of para-hydroxylation sites is 1. The van der Waals surface area contributed by atoms with Gasteiger partial charge in [-0.2, -0.15) is 0 Å². The van der Waals surface area contributed by atoms with Crippen molar-refractivity contribution in [2.24, 2.45) is 0 Å². The molecule has 2 N–H and O–H groups in total. The monoisotopic (exact) mass is 243 g/mol. The van der Waals surface area contributed by atoms with Crippen LogP contribution in [0.3, 0.4) is 0 Å². The van der Waals surface area contributed by atoms with E-state index >= 15 is 0 Å². The summed E-state index contributed by atoms with van der Waals surface area (Å²) in [6.07, 6.45) is 0. The Morgan fingerprint density at radius 1 is 1.00 bits per heavy atom. The Morgan fingerprint density at radius 2 is 1.82 bits per heavy atom. The van der Waals surface area contributed by atoms with Gasteiger partial charge in [-0.1, -0.05) is 29.8 Å². The highest BCUT2D eigenvalue weighted by atomic mass is 35.5. The van der Waals surface area contributed by atoms with Crippen LogP contribution in [-0.4, -0.2) is 0 Å². The Morgan fingerprint density at radius 3 is 2.59 bits per heavy atom. The normalized spacial score (nSPS) is 10.9. The second-order valence-electron chi connectivity index (χ2n) is 3.89. The molecule has 2 aromatic carbocycles. The fraction of sp³-hybridized carbons (Fsp3) is 0. The first-order chi connectivity index (χ1) is 8.24. The molecular formula is C14H10ClNO. The van der Waals surface area contributed by atoms with Crippen LogP contribution >= 0.6 is 11.6 Å². The Balaban J connectivity index is 2.20. The maximum absolute atomic E-state index is 6.15. The van der Waals surface area contributed by atoms with Crippen LogP contribution in [0.2, 0.25) is 5.02 Å². The Bertz CT molecular complexity index is 655. The average molecular weight is 244 g/mol. The van der Waals surface area contributed by atoms with E-state index in [2.05, 4.69) is 0 Å². The molecule has 17 heavy (non-hydrogen) atoms. The molecule has 2 nitrogen and oxygen atoms in total. The third-order valence-electron chi connectivity index (χ3n) is 2.68. The zero-order valence-electron chi connectivity index (χ0n) is 8.98. The van der Waals surface area contributed by atoms with Crippen molar-refractivity contribution >= 4 is 28.3 Å². The molecule has 84 valence electrons. The molecule has 3 rings (SSSR count). The third-order valence-corrected chi connectivity index (χ3v) is 3.00. The summed E-state index contributed by atoms with van der Waals surface area (Å²) < 4.78 is 5.75. The molecule has 3 aromatic rings. The number of furan rings is 1. The van der Waals surface area contributed by atoms with Gasteiger partial charge in [0, 0.05) is 16.6 Å². The Kier molecular flexibility index (Phi) is 2.30. The lowest BCUT2D eigenvalue weighted by Gasteiger charge is -2.01. The van der Waals surface area contributed by atoms with Gasteiger partial charge in [0.15, 0.2) is 0 Å². The highest BCUT2D eigenvalue weighted by Gasteiger charge is 2.09. The number of nitrogen functional groups attached to an aromatic ring is 1. The topological polar surface area (TPSA) is 39.2 Å². The summed E-state index contributed by atoms with van der Waals surface area (Å²) >= 11 is 6.15. The molecule has 0 amide bonds. The van der Waals surface area contributed by atoms with Crippen LogP contribution < -0.4 is 5.73 Å². The van der Waals surface area contributed by atoms with Gasteiger partial charge in [-0.25, -0.2) is 0 Å². The lowest BCUT2D eigenvalue weighted by atomic mass is 10.1. The predicted octanol–water partition coefficient (Wildman–Crippen LogP) is 4.34. The van der Waals surface area contributed by atoms with Crippen molar-refractivity contribution in [3.8, 4) is 11.3 Å². The summed E-state index contributed by atoms with van der Waals surface area (Å²) in [5.74, 6) is 0.760. The number of hydrogen-bond donors (Lipinski definition) is 1. The maximum Gasteiger partial charge on any atom is 0.136 e. The highest BCUT2D eigenvalue weighted by Crippen LogP contribution is 2.33. The molecule has 0 radical (unpaired) electrons. The zero-order chi connectivity index (χ0) is 11.8. The number of benzene rings is 2. The summed E-state index contributed by atoms with van der Waals surface area (Å²) in [6.45, 7) is 0. The van der Waals surface area contributed by atoms with E-state index in [1.165, 1.54) is 0 Å². The van der Waals surface area contributed by atoms with Crippen molar-refractivity contribution in [3.63, 3.8) is 0 Å². The van der Waals surface area contributed by atoms with Crippen LogP contribution in [0, 0.1) is 0 Å². The average Bonchev–Trinajstić information content (AvgIpc) is 2.72. The summed E-state index contributed by atoms with van der Waals surface area (Å²) in [7, 11) is 0. The zero-order valence-corrected chi connectivity index (χ0v) is 9.74. The fourth-order valence-electron chi connectivity index (χ4n) is 1.85. The van der Waals surface area contributed by atoms with Crippen LogP contribution in [-0.2, 0) is 0 Å². The Labute approximate surface area is 104 Å². The molecule has 0 fully saturated rings. The van der Waals surface area contributed by atoms with Crippen LogP contribution in [0.4, 0.5) is 5.69 Å². The quantitative estimate of drug-likeness (QED) is 0.646. The van der Waals surface area contributed by atoms with Crippen LogP contribution in [0.25, 0.3) is 22.3 Å². The van der Waals surface area contributed by atoms with Crippen LogP contribution in [0.15, 0.2) is 52.9 Å². The van der Waals surface area contributed by atoms with E-state index in [4.69, 9.17) is 21.8 Å². The van der Waals surface area contributed by atoms with Crippen molar-refractivity contribution in [1.29, 1.82) is 0 Å². The summed E-state index contributed by atoms with van der Waals surface area (Å²) in [5, 5.41) is 1.67. The van der Waals surface area contributed by atoms with E-state index in [0.717, 1.165) is 22.3 Å². The first kappa shape index (κ1) is 10.2.